The second-order valence-electron chi connectivity index (χ2n) is 14.7. The Morgan fingerprint density at radius 3 is 1.00 bits per heavy atom. The summed E-state index contributed by atoms with van der Waals surface area (Å²) >= 11 is 0. The van der Waals surface area contributed by atoms with Crippen LogP contribution >= 0.6 is 0 Å². The first-order valence-electron chi connectivity index (χ1n) is 23.7. The van der Waals surface area contributed by atoms with Crippen molar-refractivity contribution in [2.45, 2.75) is 161 Å². The van der Waals surface area contributed by atoms with E-state index in [2.05, 4.69) is 184 Å². The monoisotopic (exact) mass is 835 g/mol. The van der Waals surface area contributed by atoms with E-state index in [0.29, 0.717) is 13.0 Å². The summed E-state index contributed by atoms with van der Waals surface area (Å²) in [7, 11) is 0. The second-order valence-corrected chi connectivity index (χ2v) is 14.7. The number of aliphatic hydroxyl groups excluding tert-OH is 1. The average molecular weight is 835 g/mol. The molecule has 0 aromatic heterocycles. The molecule has 0 spiro atoms. The minimum Gasteiger partial charge on any atom is -0.457 e. The lowest BCUT2D eigenvalue weighted by molar-refractivity contribution is -0.154. The third-order valence-electron chi connectivity index (χ3n) is 9.04. The lowest BCUT2D eigenvalue weighted by Gasteiger charge is -2.15. The van der Waals surface area contributed by atoms with Gasteiger partial charge in [-0.2, -0.15) is 0 Å². The van der Waals surface area contributed by atoms with Gasteiger partial charge < -0.3 is 14.6 Å². The van der Waals surface area contributed by atoms with Crippen LogP contribution < -0.4 is 0 Å². The molecule has 0 aliphatic carbocycles. The van der Waals surface area contributed by atoms with Crippen molar-refractivity contribution in [2.24, 2.45) is 0 Å². The van der Waals surface area contributed by atoms with Gasteiger partial charge in [0.25, 0.3) is 0 Å². The molecule has 0 amide bonds. The highest BCUT2D eigenvalue weighted by molar-refractivity contribution is 5.69. The highest BCUT2D eigenvalue weighted by Gasteiger charge is 2.13. The van der Waals surface area contributed by atoms with Crippen molar-refractivity contribution in [3.05, 3.63) is 170 Å². The summed E-state index contributed by atoms with van der Waals surface area (Å²) in [6.45, 7) is 4.94. The first kappa shape index (κ1) is 56.8. The summed E-state index contributed by atoms with van der Waals surface area (Å²) in [6, 6.07) is 0. The molecule has 4 nitrogen and oxygen atoms in total. The maximum atomic E-state index is 12.2. The summed E-state index contributed by atoms with van der Waals surface area (Å²) in [6.07, 6.45) is 82.8. The maximum Gasteiger partial charge on any atom is 0.306 e. The summed E-state index contributed by atoms with van der Waals surface area (Å²) in [5.41, 5.74) is 0. The molecular weight excluding hydrogens is 749 g/mol. The Bertz CT molecular complexity index is 1390. The van der Waals surface area contributed by atoms with Gasteiger partial charge in [0.15, 0.2) is 0 Å². The SMILES string of the molecule is CC/C=C\C/C=C\C/C=C\C/C=C\C/C=C\C/C=C\C/C=C\CCCCCC(=O)OC(CO)COCCCC/C=C\C/C=C\C/C=C\C/C=C\C/C=C\C/C=C\C/C=C\CC. The average Bonchev–Trinajstić information content (AvgIpc) is 3.27. The van der Waals surface area contributed by atoms with Gasteiger partial charge in [-0.3, -0.25) is 4.79 Å². The maximum absolute atomic E-state index is 12.2. The molecule has 0 aromatic rings. The molecule has 61 heavy (non-hydrogen) atoms. The summed E-state index contributed by atoms with van der Waals surface area (Å²) in [5.74, 6) is -0.257. The molecule has 0 rings (SSSR count). The molecule has 1 unspecified atom stereocenters. The van der Waals surface area contributed by atoms with Gasteiger partial charge in [-0.1, -0.05) is 190 Å². The number of esters is 1. The van der Waals surface area contributed by atoms with E-state index in [0.717, 1.165) is 135 Å². The summed E-state index contributed by atoms with van der Waals surface area (Å²) in [4.78, 5) is 12.2. The molecule has 338 valence electrons. The minimum atomic E-state index is -0.592. The van der Waals surface area contributed by atoms with Gasteiger partial charge in [0.1, 0.15) is 6.10 Å². The van der Waals surface area contributed by atoms with Crippen LogP contribution in [0.5, 0.6) is 0 Å². The fourth-order valence-corrected chi connectivity index (χ4v) is 5.58. The number of hydrogen-bond acceptors (Lipinski definition) is 4. The van der Waals surface area contributed by atoms with Gasteiger partial charge >= 0.3 is 5.97 Å². The van der Waals surface area contributed by atoms with Crippen LogP contribution in [0, 0.1) is 0 Å². The zero-order chi connectivity index (χ0) is 44.0. The highest BCUT2D eigenvalue weighted by atomic mass is 16.6. The van der Waals surface area contributed by atoms with Crippen LogP contribution in [-0.4, -0.2) is 37.0 Å². The molecule has 0 radical (unpaired) electrons. The van der Waals surface area contributed by atoms with E-state index < -0.39 is 6.10 Å². The largest absolute Gasteiger partial charge is 0.457 e. The molecule has 0 bridgehead atoms. The molecule has 0 aliphatic rings. The molecule has 4 heteroatoms. The van der Waals surface area contributed by atoms with Crippen LogP contribution in [0.25, 0.3) is 0 Å². The van der Waals surface area contributed by atoms with Crippen LogP contribution in [0.2, 0.25) is 0 Å². The normalized spacial score (nSPS) is 14.0. The van der Waals surface area contributed by atoms with Crippen molar-refractivity contribution >= 4 is 5.97 Å². The predicted molar refractivity (Wildman–Crippen MR) is 269 cm³/mol. The van der Waals surface area contributed by atoms with Crippen LogP contribution in [0.1, 0.15) is 155 Å². The molecule has 1 atom stereocenters. The van der Waals surface area contributed by atoms with Gasteiger partial charge in [0.2, 0.25) is 0 Å². The number of hydrogen-bond donors (Lipinski definition) is 1. The van der Waals surface area contributed by atoms with E-state index in [-0.39, 0.29) is 19.2 Å². The van der Waals surface area contributed by atoms with E-state index in [1.54, 1.807) is 0 Å². The molecule has 1 N–H and O–H groups in total. The van der Waals surface area contributed by atoms with E-state index in [4.69, 9.17) is 9.47 Å². The molecule has 0 heterocycles. The van der Waals surface area contributed by atoms with Crippen molar-refractivity contribution in [3.63, 3.8) is 0 Å². The van der Waals surface area contributed by atoms with Crippen LogP contribution in [-0.2, 0) is 14.3 Å². The Hall–Kier alpha value is -4.25. The number of unbranched alkanes of at least 4 members (excludes halogenated alkanes) is 5. The van der Waals surface area contributed by atoms with Gasteiger partial charge in [-0.15, -0.1) is 0 Å². The highest BCUT2D eigenvalue weighted by Crippen LogP contribution is 2.08. The molecule has 0 aliphatic heterocycles. The van der Waals surface area contributed by atoms with Crippen molar-refractivity contribution in [1.29, 1.82) is 0 Å². The first-order valence-corrected chi connectivity index (χ1v) is 23.7. The fraction of sp³-hybridized carbons (Fsp3) is 0.491. The third-order valence-corrected chi connectivity index (χ3v) is 9.04. The van der Waals surface area contributed by atoms with E-state index in [1.165, 1.54) is 0 Å². The third kappa shape index (κ3) is 50.0. The van der Waals surface area contributed by atoms with Crippen LogP contribution in [0.3, 0.4) is 0 Å². The smallest absolute Gasteiger partial charge is 0.306 e. The van der Waals surface area contributed by atoms with Gasteiger partial charge in [0.05, 0.1) is 13.2 Å². The zero-order valence-electron chi connectivity index (χ0n) is 38.6. The Kier molecular flexibility index (Phi) is 48.3. The second kappa shape index (κ2) is 51.9. The van der Waals surface area contributed by atoms with Crippen LogP contribution in [0.15, 0.2) is 170 Å². The summed E-state index contributed by atoms with van der Waals surface area (Å²) in [5, 5.41) is 9.63. The molecular formula is C57H86O4. The number of aliphatic hydroxyl groups is 1. The zero-order valence-corrected chi connectivity index (χ0v) is 38.6. The van der Waals surface area contributed by atoms with Crippen molar-refractivity contribution in [3.8, 4) is 0 Å². The van der Waals surface area contributed by atoms with Crippen molar-refractivity contribution in [1.82, 2.24) is 0 Å². The number of ether oxygens (including phenoxy) is 2. The van der Waals surface area contributed by atoms with Gasteiger partial charge in [0, 0.05) is 13.0 Å². The number of carbonyl (C=O) groups excluding carboxylic acids is 1. The Morgan fingerprint density at radius 1 is 0.393 bits per heavy atom. The Labute approximate surface area is 375 Å². The van der Waals surface area contributed by atoms with Gasteiger partial charge in [-0.05, 0) is 128 Å². The molecule has 0 saturated carbocycles. The summed E-state index contributed by atoms with van der Waals surface area (Å²) < 4.78 is 11.1. The predicted octanol–water partition coefficient (Wildman–Crippen LogP) is 16.3. The van der Waals surface area contributed by atoms with E-state index in [9.17, 15) is 9.90 Å². The lowest BCUT2D eigenvalue weighted by Crippen LogP contribution is -2.27. The topological polar surface area (TPSA) is 55.8 Å². The molecule has 0 aromatic carbocycles. The van der Waals surface area contributed by atoms with Gasteiger partial charge in [-0.25, -0.2) is 0 Å². The van der Waals surface area contributed by atoms with Crippen molar-refractivity contribution < 1.29 is 19.4 Å². The quantitative estimate of drug-likeness (QED) is 0.0379. The van der Waals surface area contributed by atoms with Crippen LogP contribution in [0.4, 0.5) is 0 Å². The standard InChI is InChI=1S/C57H86O4/c1-3-5-7-9-11-13-15-17-19-21-23-25-27-29-30-32-34-36-38-40-42-44-46-48-50-52-57(59)61-56(54-58)55-60-53-51-49-47-45-43-41-39-37-35-33-31-28-26-24-22-20-18-16-14-12-10-8-6-4-2/h5-8,11-14,17-20,23-26,29-31,33-34,36-37,39-40,42-43,45,56,58H,3-4,9-10,15-16,21-22,27-28,32,35,38,41,44,46-55H2,1-2H3/b7-5-,8-6-,13-11-,14-12-,19-17-,20-18-,25-23-,26-24-,30-29-,33-31-,36-34-,39-37-,42-40-,45-43-. The first-order chi connectivity index (χ1) is 30.2. The van der Waals surface area contributed by atoms with E-state index in [1.807, 2.05) is 0 Å². The Balaban J connectivity index is 3.69. The molecule has 0 saturated heterocycles. The van der Waals surface area contributed by atoms with Crippen molar-refractivity contribution in [2.75, 3.05) is 19.8 Å². The molecule has 0 fully saturated rings. The number of rotatable bonds is 41. The minimum absolute atomic E-state index is 0.218. The Morgan fingerprint density at radius 2 is 0.689 bits per heavy atom. The van der Waals surface area contributed by atoms with E-state index >= 15 is 0 Å². The fourth-order valence-electron chi connectivity index (χ4n) is 5.58. The number of allylic oxidation sites excluding steroid dienone is 28. The lowest BCUT2D eigenvalue weighted by atomic mass is 10.1. The number of carbonyl (C=O) groups is 1.